The predicted molar refractivity (Wildman–Crippen MR) is 49.6 cm³/mol. The van der Waals surface area contributed by atoms with E-state index >= 15 is 0 Å². The monoisotopic (exact) mass is 222 g/mol. The van der Waals surface area contributed by atoms with Gasteiger partial charge in [0, 0.05) is 6.54 Å². The molecular weight excluding hydrogens is 212 g/mol. The predicted octanol–water partition coefficient (Wildman–Crippen LogP) is -2.40. The summed E-state index contributed by atoms with van der Waals surface area (Å²) < 4.78 is 0. The first-order chi connectivity index (χ1) is 7.78. The van der Waals surface area contributed by atoms with Crippen LogP contribution >= 0.6 is 0 Å². The minimum absolute atomic E-state index is 0.0396. The maximum Gasteiger partial charge on any atom is 0.195 e. The Hall–Kier alpha value is -1.94. The molecule has 1 aliphatic rings. The molecule has 10 nitrogen and oxygen atoms in total. The molecule has 0 amide bonds. The van der Waals surface area contributed by atoms with Gasteiger partial charge in [-0.05, 0) is 6.42 Å². The van der Waals surface area contributed by atoms with Crippen molar-refractivity contribution in [3.63, 3.8) is 0 Å². The Morgan fingerprint density at radius 3 is 2.69 bits per heavy atom. The van der Waals surface area contributed by atoms with Crippen molar-refractivity contribution in [1.29, 1.82) is 0 Å². The van der Waals surface area contributed by atoms with Gasteiger partial charge in [0.25, 0.3) is 0 Å². The topological polar surface area (TPSA) is 147 Å². The van der Waals surface area contributed by atoms with Crippen LogP contribution < -0.4 is 11.1 Å². The summed E-state index contributed by atoms with van der Waals surface area (Å²) in [5.41, 5.74) is 5.55. The quantitative estimate of drug-likeness (QED) is 0.439. The van der Waals surface area contributed by atoms with Crippen LogP contribution in [0, 0.1) is 0 Å². The van der Waals surface area contributed by atoms with Crippen LogP contribution in [-0.2, 0) is 5.54 Å². The van der Waals surface area contributed by atoms with Crippen molar-refractivity contribution in [1.82, 2.24) is 46.6 Å². The van der Waals surface area contributed by atoms with E-state index in [0.29, 0.717) is 24.6 Å². The molecule has 84 valence electrons. The number of aromatic nitrogens is 8. The van der Waals surface area contributed by atoms with Gasteiger partial charge in [0.15, 0.2) is 11.6 Å². The van der Waals surface area contributed by atoms with Crippen LogP contribution in [0.25, 0.3) is 0 Å². The van der Waals surface area contributed by atoms with Gasteiger partial charge in [-0.3, -0.25) is 0 Å². The lowest BCUT2D eigenvalue weighted by Gasteiger charge is -2.17. The molecule has 0 aliphatic carbocycles. The van der Waals surface area contributed by atoms with E-state index < -0.39 is 5.54 Å². The Morgan fingerprint density at radius 1 is 1.19 bits per heavy atom. The molecule has 0 radical (unpaired) electrons. The molecule has 2 atom stereocenters. The third kappa shape index (κ3) is 1.35. The molecule has 10 heteroatoms. The first kappa shape index (κ1) is 9.30. The van der Waals surface area contributed by atoms with Crippen LogP contribution in [0.2, 0.25) is 0 Å². The third-order valence-electron chi connectivity index (χ3n) is 2.70. The fourth-order valence-electron chi connectivity index (χ4n) is 1.86. The molecule has 0 bridgehead atoms. The van der Waals surface area contributed by atoms with E-state index in [1.807, 2.05) is 0 Å². The number of nitrogens with zero attached hydrogens (tertiary/aromatic N) is 6. The number of nitrogens with two attached hydrogens (primary N) is 1. The van der Waals surface area contributed by atoms with Gasteiger partial charge in [0.05, 0.1) is 11.6 Å². The number of nitrogens with one attached hydrogen (secondary N) is 3. The highest BCUT2D eigenvalue weighted by Gasteiger charge is 2.42. The lowest BCUT2D eigenvalue weighted by atomic mass is 9.96. The SMILES string of the molecule is N[C@]1(c2nn[nH]n2)CN[C@H](c2nn[nH]n2)C1. The van der Waals surface area contributed by atoms with Crippen LogP contribution in [0.15, 0.2) is 0 Å². The zero-order valence-corrected chi connectivity index (χ0v) is 8.25. The van der Waals surface area contributed by atoms with E-state index in [1.165, 1.54) is 0 Å². The second-order valence-corrected chi connectivity index (χ2v) is 3.80. The summed E-state index contributed by atoms with van der Waals surface area (Å²) in [6.45, 7) is 0.547. The Kier molecular flexibility index (Phi) is 1.91. The maximum absolute atomic E-state index is 6.19. The summed E-state index contributed by atoms with van der Waals surface area (Å²) in [6, 6.07) is -0.0396. The van der Waals surface area contributed by atoms with Crippen molar-refractivity contribution in [3.8, 4) is 0 Å². The van der Waals surface area contributed by atoms with Crippen LogP contribution in [0.1, 0.15) is 24.1 Å². The molecule has 5 N–H and O–H groups in total. The van der Waals surface area contributed by atoms with Crippen molar-refractivity contribution >= 4 is 0 Å². The molecule has 3 heterocycles. The molecule has 1 saturated heterocycles. The van der Waals surface area contributed by atoms with E-state index in [2.05, 4.69) is 46.6 Å². The number of rotatable bonds is 2. The van der Waals surface area contributed by atoms with E-state index in [9.17, 15) is 0 Å². The Morgan fingerprint density at radius 2 is 2.00 bits per heavy atom. The third-order valence-corrected chi connectivity index (χ3v) is 2.70. The van der Waals surface area contributed by atoms with E-state index in [-0.39, 0.29) is 6.04 Å². The maximum atomic E-state index is 6.19. The molecule has 0 unspecified atom stereocenters. The van der Waals surface area contributed by atoms with Crippen molar-refractivity contribution in [2.75, 3.05) is 6.54 Å². The molecule has 2 aromatic rings. The lowest BCUT2D eigenvalue weighted by Crippen LogP contribution is -2.39. The molecule has 2 aromatic heterocycles. The number of hydrogen-bond acceptors (Lipinski definition) is 8. The number of hydrogen-bond donors (Lipinski definition) is 4. The first-order valence-corrected chi connectivity index (χ1v) is 4.77. The minimum Gasteiger partial charge on any atom is -0.318 e. The average molecular weight is 222 g/mol. The van der Waals surface area contributed by atoms with Crippen molar-refractivity contribution in [3.05, 3.63) is 11.6 Å². The van der Waals surface area contributed by atoms with E-state index in [4.69, 9.17) is 5.73 Å². The molecule has 3 rings (SSSR count). The fourth-order valence-corrected chi connectivity index (χ4v) is 1.86. The minimum atomic E-state index is -0.641. The molecule has 16 heavy (non-hydrogen) atoms. The van der Waals surface area contributed by atoms with Gasteiger partial charge in [0.1, 0.15) is 0 Å². The van der Waals surface area contributed by atoms with Gasteiger partial charge in [-0.15, -0.1) is 20.4 Å². The number of aromatic amines is 2. The van der Waals surface area contributed by atoms with Crippen LogP contribution in [0.3, 0.4) is 0 Å². The Balaban J connectivity index is 1.83. The van der Waals surface area contributed by atoms with E-state index in [1.54, 1.807) is 0 Å². The van der Waals surface area contributed by atoms with Crippen molar-refractivity contribution < 1.29 is 0 Å². The average Bonchev–Trinajstić information content (AvgIpc) is 3.00. The van der Waals surface area contributed by atoms with Gasteiger partial charge in [-0.25, -0.2) is 0 Å². The Labute approximate surface area is 89.4 Å². The largest absolute Gasteiger partial charge is 0.318 e. The number of H-pyrrole nitrogens is 2. The fraction of sp³-hybridized carbons (Fsp3) is 0.667. The zero-order valence-electron chi connectivity index (χ0n) is 8.25. The summed E-state index contributed by atoms with van der Waals surface area (Å²) >= 11 is 0. The highest BCUT2D eigenvalue weighted by atomic mass is 15.5. The van der Waals surface area contributed by atoms with Gasteiger partial charge >= 0.3 is 0 Å². The van der Waals surface area contributed by atoms with Crippen molar-refractivity contribution in [2.45, 2.75) is 18.0 Å². The zero-order chi connectivity index (χ0) is 11.0. The normalized spacial score (nSPS) is 29.7. The highest BCUT2D eigenvalue weighted by Crippen LogP contribution is 2.31. The molecule has 0 spiro atoms. The molecule has 1 fully saturated rings. The first-order valence-electron chi connectivity index (χ1n) is 4.77. The standard InChI is InChI=1S/C6H10N10/c7-6(5-11-15-16-12-5)1-3(8-2-6)4-9-13-14-10-4/h3,8H,1-2,7H2,(H,9,10,13,14)(H,11,12,15,16)/t3-,6-/m0/s1. The Bertz CT molecular complexity index is 448. The van der Waals surface area contributed by atoms with Gasteiger partial charge < -0.3 is 11.1 Å². The van der Waals surface area contributed by atoms with E-state index in [0.717, 1.165) is 0 Å². The second kappa shape index (κ2) is 3.28. The molecular formula is C6H10N10. The molecule has 0 aromatic carbocycles. The highest BCUT2D eigenvalue weighted by molar-refractivity contribution is 5.11. The summed E-state index contributed by atoms with van der Waals surface area (Å²) in [6.07, 6.45) is 0.603. The smallest absolute Gasteiger partial charge is 0.195 e. The van der Waals surface area contributed by atoms with Crippen LogP contribution in [0.4, 0.5) is 0 Å². The van der Waals surface area contributed by atoms with Gasteiger partial charge in [-0.1, -0.05) is 10.4 Å². The molecule has 0 saturated carbocycles. The van der Waals surface area contributed by atoms with Crippen LogP contribution in [0.5, 0.6) is 0 Å². The van der Waals surface area contributed by atoms with Crippen molar-refractivity contribution in [2.24, 2.45) is 5.73 Å². The summed E-state index contributed by atoms with van der Waals surface area (Å²) in [5.74, 6) is 1.09. The molecule has 1 aliphatic heterocycles. The summed E-state index contributed by atoms with van der Waals surface area (Å²) in [7, 11) is 0. The summed E-state index contributed by atoms with van der Waals surface area (Å²) in [5, 5.41) is 30.7. The summed E-state index contributed by atoms with van der Waals surface area (Å²) in [4.78, 5) is 0. The van der Waals surface area contributed by atoms with Crippen LogP contribution in [-0.4, -0.2) is 47.8 Å². The van der Waals surface area contributed by atoms with Gasteiger partial charge in [-0.2, -0.15) is 10.4 Å². The lowest BCUT2D eigenvalue weighted by molar-refractivity contribution is 0.447. The van der Waals surface area contributed by atoms with Gasteiger partial charge in [0.2, 0.25) is 0 Å². The second-order valence-electron chi connectivity index (χ2n) is 3.80. The number of tetrazole rings is 2.